The SMILES string of the molecule is Cc1cccc(C(F)(F)F)c1-c1ccc(-n2c3ccccc3c3cc(-c4nc(-c5ccccc5)nc(-c5ccccc5)n4)ccc32)c(-c2cc(C#N)ccc2-n2c3ccccc3c3cc(-c4nc(-c5ccccc5)nc(-c5ccccc5)n4)ccc32)c1. The largest absolute Gasteiger partial charge is 0.417 e. The third kappa shape index (κ3) is 9.31. The van der Waals surface area contributed by atoms with Gasteiger partial charge in [0.05, 0.1) is 50.6 Å². The number of benzene rings is 11. The molecule has 15 rings (SSSR count). The molecule has 4 aromatic heterocycles. The molecule has 87 heavy (non-hydrogen) atoms. The van der Waals surface area contributed by atoms with Crippen LogP contribution in [0.15, 0.2) is 261 Å². The molecule has 0 saturated heterocycles. The fourth-order valence-corrected chi connectivity index (χ4v) is 12.0. The van der Waals surface area contributed by atoms with Crippen molar-refractivity contribution in [1.29, 1.82) is 5.26 Å². The fourth-order valence-electron chi connectivity index (χ4n) is 12.0. The maximum atomic E-state index is 15.3. The number of aryl methyl sites for hydroxylation is 1. The molecule has 0 bridgehead atoms. The zero-order chi connectivity index (χ0) is 58.8. The molecule has 0 atom stereocenters. The summed E-state index contributed by atoms with van der Waals surface area (Å²) in [4.78, 5) is 30.2. The fraction of sp³-hybridized carbons (Fsp3) is 0.0267. The summed E-state index contributed by atoms with van der Waals surface area (Å²) in [5.41, 5.74) is 11.4. The highest BCUT2D eigenvalue weighted by atomic mass is 19.4. The number of aromatic nitrogens is 8. The molecule has 4 heterocycles. The molecule has 12 heteroatoms. The molecule has 15 aromatic rings. The zero-order valence-corrected chi connectivity index (χ0v) is 46.5. The van der Waals surface area contributed by atoms with E-state index < -0.39 is 11.7 Å². The first-order valence-corrected chi connectivity index (χ1v) is 28.3. The van der Waals surface area contributed by atoms with E-state index >= 15 is 13.2 Å². The van der Waals surface area contributed by atoms with E-state index in [9.17, 15) is 5.26 Å². The van der Waals surface area contributed by atoms with E-state index in [-0.39, 0.29) is 5.56 Å². The van der Waals surface area contributed by atoms with E-state index in [1.54, 1.807) is 25.1 Å². The Morgan fingerprint density at radius 3 is 1.13 bits per heavy atom. The van der Waals surface area contributed by atoms with Gasteiger partial charge in [0.2, 0.25) is 0 Å². The predicted octanol–water partition coefficient (Wildman–Crippen LogP) is 18.8. The Hall–Kier alpha value is -11.7. The Morgan fingerprint density at radius 1 is 0.333 bits per heavy atom. The van der Waals surface area contributed by atoms with E-state index in [4.69, 9.17) is 29.9 Å². The van der Waals surface area contributed by atoms with Crippen molar-refractivity contribution >= 4 is 43.6 Å². The minimum absolute atomic E-state index is 0.0679. The average Bonchev–Trinajstić information content (AvgIpc) is 1.74. The van der Waals surface area contributed by atoms with E-state index in [0.29, 0.717) is 74.1 Å². The third-order valence-electron chi connectivity index (χ3n) is 16.0. The van der Waals surface area contributed by atoms with Crippen molar-refractivity contribution in [1.82, 2.24) is 39.0 Å². The summed E-state index contributed by atoms with van der Waals surface area (Å²) in [6.45, 7) is 1.71. The van der Waals surface area contributed by atoms with Crippen LogP contribution in [0, 0.1) is 18.3 Å². The zero-order valence-electron chi connectivity index (χ0n) is 46.5. The van der Waals surface area contributed by atoms with Gasteiger partial charge in [-0.15, -0.1) is 0 Å². The summed E-state index contributed by atoms with van der Waals surface area (Å²) in [6.07, 6.45) is -4.66. The maximum absolute atomic E-state index is 15.3. The molecule has 0 aliphatic heterocycles. The lowest BCUT2D eigenvalue weighted by Gasteiger charge is -2.21. The molecule has 0 fully saturated rings. The topological polar surface area (TPSA) is 111 Å². The van der Waals surface area contributed by atoms with Crippen molar-refractivity contribution in [2.75, 3.05) is 0 Å². The molecule has 0 aliphatic carbocycles. The van der Waals surface area contributed by atoms with Gasteiger partial charge in [0.25, 0.3) is 0 Å². The van der Waals surface area contributed by atoms with Crippen LogP contribution in [-0.2, 0) is 6.18 Å². The van der Waals surface area contributed by atoms with Gasteiger partial charge in [0, 0.05) is 66.1 Å². The minimum Gasteiger partial charge on any atom is -0.309 e. The average molecular weight is 1130 g/mol. The van der Waals surface area contributed by atoms with Crippen molar-refractivity contribution in [2.24, 2.45) is 0 Å². The van der Waals surface area contributed by atoms with Gasteiger partial charge < -0.3 is 9.13 Å². The van der Waals surface area contributed by atoms with Crippen LogP contribution in [0.5, 0.6) is 0 Å². The number of fused-ring (bicyclic) bond motifs is 6. The number of hydrogen-bond acceptors (Lipinski definition) is 7. The normalized spacial score (nSPS) is 11.7. The number of rotatable bonds is 10. The summed E-state index contributed by atoms with van der Waals surface area (Å²) in [7, 11) is 0. The van der Waals surface area contributed by atoms with Crippen molar-refractivity contribution in [3.63, 3.8) is 0 Å². The Morgan fingerprint density at radius 2 is 0.701 bits per heavy atom. The summed E-state index contributed by atoms with van der Waals surface area (Å²) in [5, 5.41) is 14.5. The Balaban J connectivity index is 0.963. The highest BCUT2D eigenvalue weighted by Crippen LogP contribution is 2.46. The Kier molecular flexibility index (Phi) is 12.7. The molecular formula is C75H46F3N9. The second-order valence-electron chi connectivity index (χ2n) is 21.3. The lowest BCUT2D eigenvalue weighted by molar-refractivity contribution is -0.137. The maximum Gasteiger partial charge on any atom is 0.417 e. The molecule has 0 spiro atoms. The van der Waals surface area contributed by atoms with Crippen LogP contribution in [0.3, 0.4) is 0 Å². The monoisotopic (exact) mass is 1130 g/mol. The van der Waals surface area contributed by atoms with Gasteiger partial charge in [0.1, 0.15) is 0 Å². The van der Waals surface area contributed by atoms with Gasteiger partial charge in [-0.25, -0.2) is 29.9 Å². The van der Waals surface area contributed by atoms with Gasteiger partial charge in [0.15, 0.2) is 34.9 Å². The second-order valence-corrected chi connectivity index (χ2v) is 21.3. The first kappa shape index (κ1) is 52.1. The van der Waals surface area contributed by atoms with Crippen LogP contribution in [-0.4, -0.2) is 39.0 Å². The number of nitriles is 1. The number of hydrogen-bond donors (Lipinski definition) is 0. The number of para-hydroxylation sites is 2. The highest BCUT2D eigenvalue weighted by molar-refractivity contribution is 6.13. The highest BCUT2D eigenvalue weighted by Gasteiger charge is 2.35. The van der Waals surface area contributed by atoms with E-state index in [1.165, 1.54) is 6.07 Å². The van der Waals surface area contributed by atoms with Crippen LogP contribution in [0.2, 0.25) is 0 Å². The Bertz CT molecular complexity index is 5110. The van der Waals surface area contributed by atoms with E-state index in [0.717, 1.165) is 83.1 Å². The first-order chi connectivity index (χ1) is 42.6. The van der Waals surface area contributed by atoms with Crippen LogP contribution < -0.4 is 0 Å². The molecular weight excluding hydrogens is 1080 g/mol. The summed E-state index contributed by atoms with van der Waals surface area (Å²) < 4.78 is 50.2. The number of alkyl halides is 3. The molecule has 0 amide bonds. The van der Waals surface area contributed by atoms with Gasteiger partial charge >= 0.3 is 6.18 Å². The van der Waals surface area contributed by atoms with E-state index in [2.05, 4.69) is 63.7 Å². The van der Waals surface area contributed by atoms with Gasteiger partial charge in [-0.05, 0) is 109 Å². The van der Waals surface area contributed by atoms with Crippen molar-refractivity contribution in [3.8, 4) is 108 Å². The lowest BCUT2D eigenvalue weighted by Crippen LogP contribution is -2.08. The summed E-state index contributed by atoms with van der Waals surface area (Å²) in [6, 6.07) is 85.7. The van der Waals surface area contributed by atoms with Crippen LogP contribution in [0.4, 0.5) is 13.2 Å². The van der Waals surface area contributed by atoms with E-state index in [1.807, 2.05) is 182 Å². The van der Waals surface area contributed by atoms with Crippen LogP contribution >= 0.6 is 0 Å². The minimum atomic E-state index is -4.66. The van der Waals surface area contributed by atoms with Crippen LogP contribution in [0.1, 0.15) is 16.7 Å². The Labute approximate surface area is 497 Å². The van der Waals surface area contributed by atoms with Gasteiger partial charge in [-0.3, -0.25) is 0 Å². The molecule has 11 aromatic carbocycles. The van der Waals surface area contributed by atoms with Gasteiger partial charge in [-0.2, -0.15) is 18.4 Å². The molecule has 0 radical (unpaired) electrons. The number of nitrogens with zero attached hydrogens (tertiary/aromatic N) is 9. The van der Waals surface area contributed by atoms with Crippen molar-refractivity contribution in [2.45, 2.75) is 13.1 Å². The van der Waals surface area contributed by atoms with Crippen LogP contribution in [0.25, 0.3) is 146 Å². The third-order valence-corrected chi connectivity index (χ3v) is 16.0. The summed E-state index contributed by atoms with van der Waals surface area (Å²) >= 11 is 0. The first-order valence-electron chi connectivity index (χ1n) is 28.3. The molecule has 412 valence electrons. The molecule has 0 aliphatic rings. The molecule has 0 N–H and O–H groups in total. The second kappa shape index (κ2) is 21.2. The predicted molar refractivity (Wildman–Crippen MR) is 340 cm³/mol. The van der Waals surface area contributed by atoms with Gasteiger partial charge in [-0.1, -0.05) is 176 Å². The van der Waals surface area contributed by atoms with Crippen molar-refractivity contribution in [3.05, 3.63) is 278 Å². The molecule has 0 unspecified atom stereocenters. The lowest BCUT2D eigenvalue weighted by atomic mass is 9.90. The quantitative estimate of drug-likeness (QED) is 0.134. The van der Waals surface area contributed by atoms with Crippen molar-refractivity contribution < 1.29 is 13.2 Å². The molecule has 0 saturated carbocycles. The summed E-state index contributed by atoms with van der Waals surface area (Å²) in [5.74, 6) is 3.13. The smallest absolute Gasteiger partial charge is 0.309 e. The molecule has 9 nitrogen and oxygen atoms in total. The number of halogens is 3. The standard InChI is InChI=1S/C75H46F3N9/c1-46-19-18-30-61(75(76,77)78)68(46)52-34-38-67(87-63-32-17-15-29-56(63)59-44-54(36-40-66(59)87)74-84-71(50-24-10-4-11-25-50)81-72(85-74)51-26-12-5-13-27-51)60(42-52)57-41-47(45-79)33-37-64(57)86-62-31-16-14-28-55(62)58-43-53(35-39-65(58)86)73-82-69(48-20-6-2-7-21-48)80-70(83-73)49-22-8-3-9-23-49/h2-44H,1H3.